The highest BCUT2D eigenvalue weighted by Gasteiger charge is 2.04. The normalized spacial score (nSPS) is 11.7. The van der Waals surface area contributed by atoms with E-state index in [9.17, 15) is 0 Å². The zero-order chi connectivity index (χ0) is 24.5. The summed E-state index contributed by atoms with van der Waals surface area (Å²) in [6.45, 7) is 7.87. The lowest BCUT2D eigenvalue weighted by Crippen LogP contribution is -2.23. The maximum absolute atomic E-state index is 5.97. The van der Waals surface area contributed by atoms with Gasteiger partial charge in [-0.05, 0) is 88.4 Å². The van der Waals surface area contributed by atoms with Crippen molar-refractivity contribution in [3.8, 4) is 23.0 Å². The van der Waals surface area contributed by atoms with Crippen LogP contribution in [0.3, 0.4) is 0 Å². The molecule has 0 amide bonds. The second kappa shape index (κ2) is 13.1. The first-order chi connectivity index (χ1) is 16.3. The van der Waals surface area contributed by atoms with Gasteiger partial charge in [0, 0.05) is 29.5 Å². The fourth-order valence-electron chi connectivity index (χ4n) is 3.00. The number of benzene rings is 3. The van der Waals surface area contributed by atoms with Gasteiger partial charge in [-0.15, -0.1) is 12.4 Å². The molecule has 3 aromatic carbocycles. The zero-order valence-corrected chi connectivity index (χ0v) is 21.2. The molecular weight excluding hydrogens is 464 g/mol. The van der Waals surface area contributed by atoms with E-state index in [1.807, 2.05) is 100 Å². The predicted molar refractivity (Wildman–Crippen MR) is 147 cm³/mol. The first-order valence-electron chi connectivity index (χ1n) is 11.1. The van der Waals surface area contributed by atoms with Crippen molar-refractivity contribution < 1.29 is 9.47 Å². The van der Waals surface area contributed by atoms with Gasteiger partial charge in [-0.3, -0.25) is 9.98 Å². The molecule has 9 heteroatoms. The monoisotopic (exact) mass is 496 g/mol. The van der Waals surface area contributed by atoms with E-state index in [0.29, 0.717) is 34.9 Å². The van der Waals surface area contributed by atoms with Gasteiger partial charge in [-0.25, -0.2) is 0 Å². The maximum atomic E-state index is 5.97. The molecule has 0 atom stereocenters. The van der Waals surface area contributed by atoms with Gasteiger partial charge in [0.15, 0.2) is 11.9 Å². The van der Waals surface area contributed by atoms with E-state index in [1.54, 1.807) is 0 Å². The van der Waals surface area contributed by atoms with Crippen molar-refractivity contribution in [3.63, 3.8) is 0 Å². The smallest absolute Gasteiger partial charge is 0.193 e. The molecule has 0 heterocycles. The molecule has 0 saturated carbocycles. The minimum absolute atomic E-state index is 0. The summed E-state index contributed by atoms with van der Waals surface area (Å²) in [4.78, 5) is 8.52. The lowest BCUT2D eigenvalue weighted by molar-refractivity contribution is 0.460. The van der Waals surface area contributed by atoms with Crippen LogP contribution in [0.2, 0.25) is 0 Å². The standard InChI is InChI=1S/C26H32N6O2.ClH/c1-17(2)29-25(27)31-19-8-12-21(13-9-19)33-23-6-5-7-24(16-23)34-22-14-10-20(11-15-22)32-26(28)30-18(3)4;/h5-18H,1-4H3,(H3,27,29,31)(H3,28,30,32);1H. The van der Waals surface area contributed by atoms with Gasteiger partial charge >= 0.3 is 0 Å². The van der Waals surface area contributed by atoms with Crippen LogP contribution in [0.4, 0.5) is 11.4 Å². The molecule has 0 aliphatic heterocycles. The van der Waals surface area contributed by atoms with Crippen molar-refractivity contribution in [2.45, 2.75) is 39.8 Å². The molecule has 0 saturated heterocycles. The zero-order valence-electron chi connectivity index (χ0n) is 20.4. The number of hydrogen-bond acceptors (Lipinski definition) is 4. The van der Waals surface area contributed by atoms with Gasteiger partial charge in [0.2, 0.25) is 0 Å². The Hall–Kier alpha value is -3.91. The molecule has 186 valence electrons. The fourth-order valence-corrected chi connectivity index (χ4v) is 3.00. The van der Waals surface area contributed by atoms with E-state index in [0.717, 1.165) is 11.4 Å². The van der Waals surface area contributed by atoms with Crippen LogP contribution in [0.5, 0.6) is 23.0 Å². The molecule has 0 unspecified atom stereocenters. The lowest BCUT2D eigenvalue weighted by atomic mass is 10.3. The SMILES string of the molecule is CC(C)N=C(N)Nc1ccc(Oc2cccc(Oc3ccc(NC(N)=NC(C)C)cc3)c2)cc1.Cl. The highest BCUT2D eigenvalue weighted by molar-refractivity contribution is 5.92. The van der Waals surface area contributed by atoms with Crippen LogP contribution < -0.4 is 31.6 Å². The minimum atomic E-state index is 0. The van der Waals surface area contributed by atoms with Crippen molar-refractivity contribution in [2.24, 2.45) is 21.5 Å². The summed E-state index contributed by atoms with van der Waals surface area (Å²) >= 11 is 0. The number of rotatable bonds is 8. The molecule has 0 aliphatic carbocycles. The lowest BCUT2D eigenvalue weighted by Gasteiger charge is -2.11. The van der Waals surface area contributed by atoms with Crippen LogP contribution in [-0.4, -0.2) is 24.0 Å². The molecule has 6 N–H and O–H groups in total. The van der Waals surface area contributed by atoms with E-state index in [-0.39, 0.29) is 24.5 Å². The number of hydrogen-bond donors (Lipinski definition) is 4. The topological polar surface area (TPSA) is 119 Å². The Morgan fingerprint density at radius 1 is 0.629 bits per heavy atom. The van der Waals surface area contributed by atoms with Gasteiger partial charge in [-0.1, -0.05) is 6.07 Å². The Morgan fingerprint density at radius 3 is 1.34 bits per heavy atom. The molecule has 8 nitrogen and oxygen atoms in total. The summed E-state index contributed by atoms with van der Waals surface area (Å²) in [5, 5.41) is 6.11. The molecule has 35 heavy (non-hydrogen) atoms. The highest BCUT2D eigenvalue weighted by atomic mass is 35.5. The number of aliphatic imine (C=N–C) groups is 2. The van der Waals surface area contributed by atoms with Crippen LogP contribution in [0.25, 0.3) is 0 Å². The van der Waals surface area contributed by atoms with E-state index in [4.69, 9.17) is 20.9 Å². The average Bonchev–Trinajstić information content (AvgIpc) is 2.76. The van der Waals surface area contributed by atoms with E-state index in [2.05, 4.69) is 20.6 Å². The summed E-state index contributed by atoms with van der Waals surface area (Å²) in [6.07, 6.45) is 0. The molecule has 0 spiro atoms. The van der Waals surface area contributed by atoms with Gasteiger partial charge in [-0.2, -0.15) is 0 Å². The molecular formula is C26H33ClN6O2. The van der Waals surface area contributed by atoms with Gasteiger partial charge in [0.25, 0.3) is 0 Å². The van der Waals surface area contributed by atoms with E-state index >= 15 is 0 Å². The minimum Gasteiger partial charge on any atom is -0.457 e. The van der Waals surface area contributed by atoms with E-state index < -0.39 is 0 Å². The van der Waals surface area contributed by atoms with Crippen LogP contribution in [0.1, 0.15) is 27.7 Å². The number of nitrogens with zero attached hydrogens (tertiary/aromatic N) is 2. The van der Waals surface area contributed by atoms with Crippen LogP contribution >= 0.6 is 12.4 Å². The van der Waals surface area contributed by atoms with Crippen LogP contribution in [0.15, 0.2) is 82.8 Å². The number of halogens is 1. The molecule has 0 bridgehead atoms. The average molecular weight is 497 g/mol. The van der Waals surface area contributed by atoms with Gasteiger partial charge in [0.1, 0.15) is 23.0 Å². The maximum Gasteiger partial charge on any atom is 0.193 e. The fraction of sp³-hybridized carbons (Fsp3) is 0.231. The largest absolute Gasteiger partial charge is 0.457 e. The number of nitrogens with two attached hydrogens (primary N) is 2. The first kappa shape index (κ1) is 27.3. The molecule has 0 radical (unpaired) electrons. The summed E-state index contributed by atoms with van der Waals surface area (Å²) in [5.41, 5.74) is 13.4. The Bertz CT molecular complexity index is 1040. The first-order valence-corrected chi connectivity index (χ1v) is 11.1. The Balaban J connectivity index is 0.00000432. The van der Waals surface area contributed by atoms with Crippen molar-refractivity contribution in [2.75, 3.05) is 10.6 Å². The Morgan fingerprint density at radius 2 is 1.00 bits per heavy atom. The van der Waals surface area contributed by atoms with Crippen molar-refractivity contribution in [3.05, 3.63) is 72.8 Å². The molecule has 3 aromatic rings. The summed E-state index contributed by atoms with van der Waals surface area (Å²) in [6, 6.07) is 22.7. The molecule has 3 rings (SSSR count). The van der Waals surface area contributed by atoms with Crippen molar-refractivity contribution >= 4 is 35.7 Å². The third kappa shape index (κ3) is 9.46. The highest BCUT2D eigenvalue weighted by Crippen LogP contribution is 2.29. The Kier molecular flexibility index (Phi) is 10.2. The van der Waals surface area contributed by atoms with Crippen LogP contribution in [-0.2, 0) is 0 Å². The van der Waals surface area contributed by atoms with Gasteiger partial charge < -0.3 is 31.6 Å². The van der Waals surface area contributed by atoms with Gasteiger partial charge in [0.05, 0.1) is 0 Å². The molecule has 0 aliphatic rings. The van der Waals surface area contributed by atoms with E-state index in [1.165, 1.54) is 0 Å². The Labute approximate surface area is 212 Å². The molecule has 0 aromatic heterocycles. The second-order valence-electron chi connectivity index (χ2n) is 8.19. The summed E-state index contributed by atoms with van der Waals surface area (Å²) < 4.78 is 11.9. The second-order valence-corrected chi connectivity index (χ2v) is 8.19. The number of ether oxygens (including phenoxy) is 2. The quantitative estimate of drug-likeness (QED) is 0.225. The molecule has 0 fully saturated rings. The van der Waals surface area contributed by atoms with Crippen molar-refractivity contribution in [1.82, 2.24) is 0 Å². The number of guanidine groups is 2. The summed E-state index contributed by atoms with van der Waals surface area (Å²) in [7, 11) is 0. The van der Waals surface area contributed by atoms with Crippen LogP contribution in [0, 0.1) is 0 Å². The number of anilines is 2. The van der Waals surface area contributed by atoms with Crippen molar-refractivity contribution in [1.29, 1.82) is 0 Å². The number of nitrogens with one attached hydrogen (secondary N) is 2. The third-order valence-electron chi connectivity index (χ3n) is 4.32. The third-order valence-corrected chi connectivity index (χ3v) is 4.32. The summed E-state index contributed by atoms with van der Waals surface area (Å²) in [5.74, 6) is 3.47. The predicted octanol–water partition coefficient (Wildman–Crippen LogP) is 5.96.